The molecule has 4 rings (SSSR count). The molecule has 0 bridgehead atoms. The van der Waals surface area contributed by atoms with E-state index in [1.54, 1.807) is 16.2 Å². The first kappa shape index (κ1) is 21.5. The summed E-state index contributed by atoms with van der Waals surface area (Å²) in [6.07, 6.45) is 2.25. The molecule has 8 heteroatoms. The van der Waals surface area contributed by atoms with Gasteiger partial charge in [0.15, 0.2) is 11.5 Å². The zero-order valence-electron chi connectivity index (χ0n) is 18.1. The summed E-state index contributed by atoms with van der Waals surface area (Å²) in [7, 11) is 0. The van der Waals surface area contributed by atoms with Gasteiger partial charge in [-0.1, -0.05) is 6.07 Å². The Balaban J connectivity index is 1.51. The zero-order valence-corrected chi connectivity index (χ0v) is 18.9. The van der Waals surface area contributed by atoms with Crippen molar-refractivity contribution in [2.45, 2.75) is 39.8 Å². The van der Waals surface area contributed by atoms with Crippen molar-refractivity contribution in [2.24, 2.45) is 5.92 Å². The maximum Gasteiger partial charge on any atom is 0.317 e. The number of carbonyl (C=O) groups excluding carboxylic acids is 2. The van der Waals surface area contributed by atoms with Gasteiger partial charge in [0.25, 0.3) is 0 Å². The first-order valence-electron chi connectivity index (χ1n) is 10.8. The van der Waals surface area contributed by atoms with E-state index >= 15 is 0 Å². The fourth-order valence-electron chi connectivity index (χ4n) is 3.59. The molecule has 1 fully saturated rings. The first-order chi connectivity index (χ1) is 15.0. The summed E-state index contributed by atoms with van der Waals surface area (Å²) >= 11 is 1.65. The van der Waals surface area contributed by atoms with Gasteiger partial charge >= 0.3 is 6.03 Å². The Labute approximate surface area is 186 Å². The molecular weight excluding hydrogens is 414 g/mol. The van der Waals surface area contributed by atoms with Gasteiger partial charge in [0.05, 0.1) is 6.54 Å². The number of nitrogens with one attached hydrogen (secondary N) is 1. The summed E-state index contributed by atoms with van der Waals surface area (Å²) in [6, 6.07) is 7.66. The molecule has 31 heavy (non-hydrogen) atoms. The predicted molar refractivity (Wildman–Crippen MR) is 119 cm³/mol. The van der Waals surface area contributed by atoms with Crippen molar-refractivity contribution in [3.05, 3.63) is 45.6 Å². The van der Waals surface area contributed by atoms with Crippen LogP contribution in [0.1, 0.15) is 35.8 Å². The number of rotatable bonds is 9. The molecule has 2 heterocycles. The molecule has 0 saturated heterocycles. The molecule has 1 saturated carbocycles. The Kier molecular flexibility index (Phi) is 6.65. The van der Waals surface area contributed by atoms with Crippen LogP contribution in [0, 0.1) is 12.8 Å². The fourth-order valence-corrected chi connectivity index (χ4v) is 4.51. The SMILES string of the molecule is CCNC(=O)N(CC(=O)N(Cc1ccc2c(c1)OCO2)Cc1sccc1C)CC1CC1. The number of ether oxygens (including phenoxy) is 2. The summed E-state index contributed by atoms with van der Waals surface area (Å²) in [6.45, 7) is 6.39. The number of amides is 3. The van der Waals surface area contributed by atoms with Crippen LogP contribution in [0.3, 0.4) is 0 Å². The lowest BCUT2D eigenvalue weighted by atomic mass is 10.1. The molecular formula is C23H29N3O4S. The summed E-state index contributed by atoms with van der Waals surface area (Å²) in [5.41, 5.74) is 2.14. The summed E-state index contributed by atoms with van der Waals surface area (Å²) in [4.78, 5) is 30.6. The van der Waals surface area contributed by atoms with Gasteiger partial charge in [0, 0.05) is 24.5 Å². The zero-order chi connectivity index (χ0) is 21.8. The normalized spacial score (nSPS) is 14.4. The van der Waals surface area contributed by atoms with Crippen LogP contribution >= 0.6 is 11.3 Å². The van der Waals surface area contributed by atoms with Crippen LogP contribution in [0.4, 0.5) is 4.79 Å². The van der Waals surface area contributed by atoms with Gasteiger partial charge in [0.1, 0.15) is 6.54 Å². The largest absolute Gasteiger partial charge is 0.454 e. The number of hydrogen-bond acceptors (Lipinski definition) is 5. The highest BCUT2D eigenvalue weighted by Crippen LogP contribution is 2.33. The second kappa shape index (κ2) is 9.60. The number of urea groups is 1. The van der Waals surface area contributed by atoms with Crippen molar-refractivity contribution in [3.63, 3.8) is 0 Å². The van der Waals surface area contributed by atoms with Gasteiger partial charge in [0.2, 0.25) is 12.7 Å². The van der Waals surface area contributed by atoms with Crippen molar-refractivity contribution in [1.29, 1.82) is 0 Å². The predicted octanol–water partition coefficient (Wildman–Crippen LogP) is 3.76. The molecule has 1 aliphatic carbocycles. The van der Waals surface area contributed by atoms with Crippen molar-refractivity contribution in [3.8, 4) is 11.5 Å². The molecule has 0 spiro atoms. The molecule has 2 aliphatic rings. The van der Waals surface area contributed by atoms with E-state index in [1.165, 1.54) is 5.56 Å². The smallest absolute Gasteiger partial charge is 0.317 e. The molecule has 1 aromatic carbocycles. The summed E-state index contributed by atoms with van der Waals surface area (Å²) < 4.78 is 10.9. The van der Waals surface area contributed by atoms with E-state index in [1.807, 2.05) is 35.4 Å². The Morgan fingerprint density at radius 2 is 1.94 bits per heavy atom. The molecule has 3 amide bonds. The molecule has 7 nitrogen and oxygen atoms in total. The number of carbonyl (C=O) groups is 2. The number of thiophene rings is 1. The van der Waals surface area contributed by atoms with Crippen LogP contribution in [0.25, 0.3) is 0 Å². The summed E-state index contributed by atoms with van der Waals surface area (Å²) in [5, 5.41) is 4.89. The van der Waals surface area contributed by atoms with Crippen LogP contribution in [0.15, 0.2) is 29.6 Å². The van der Waals surface area contributed by atoms with Gasteiger partial charge < -0.3 is 24.6 Å². The van der Waals surface area contributed by atoms with Crippen molar-refractivity contribution in [2.75, 3.05) is 26.4 Å². The second-order valence-electron chi connectivity index (χ2n) is 8.12. The van der Waals surface area contributed by atoms with Crippen molar-refractivity contribution in [1.82, 2.24) is 15.1 Å². The molecule has 1 aliphatic heterocycles. The van der Waals surface area contributed by atoms with Gasteiger partial charge in [-0.05, 0) is 67.3 Å². The minimum atomic E-state index is -0.168. The van der Waals surface area contributed by atoms with Crippen molar-refractivity contribution >= 4 is 23.3 Å². The Morgan fingerprint density at radius 3 is 2.65 bits per heavy atom. The lowest BCUT2D eigenvalue weighted by molar-refractivity contribution is -0.133. The van der Waals surface area contributed by atoms with Crippen LogP contribution in [0.5, 0.6) is 11.5 Å². The van der Waals surface area contributed by atoms with E-state index in [4.69, 9.17) is 9.47 Å². The molecule has 1 N–H and O–H groups in total. The molecule has 0 radical (unpaired) electrons. The lowest BCUT2D eigenvalue weighted by Crippen LogP contribution is -2.47. The highest BCUT2D eigenvalue weighted by molar-refractivity contribution is 7.10. The van der Waals surface area contributed by atoms with Crippen LogP contribution in [0.2, 0.25) is 0 Å². The Bertz CT molecular complexity index is 941. The number of nitrogens with zero attached hydrogens (tertiary/aromatic N) is 2. The minimum absolute atomic E-state index is 0.0580. The van der Waals surface area contributed by atoms with Gasteiger partial charge in [-0.15, -0.1) is 11.3 Å². The minimum Gasteiger partial charge on any atom is -0.454 e. The highest BCUT2D eigenvalue weighted by Gasteiger charge is 2.29. The number of hydrogen-bond donors (Lipinski definition) is 1. The third-order valence-electron chi connectivity index (χ3n) is 5.58. The summed E-state index contributed by atoms with van der Waals surface area (Å²) in [5.74, 6) is 1.88. The van der Waals surface area contributed by atoms with Gasteiger partial charge in [-0.25, -0.2) is 4.79 Å². The van der Waals surface area contributed by atoms with Crippen molar-refractivity contribution < 1.29 is 19.1 Å². The molecule has 0 unspecified atom stereocenters. The van der Waals surface area contributed by atoms with Gasteiger partial charge in [-0.2, -0.15) is 0 Å². The maximum absolute atomic E-state index is 13.4. The maximum atomic E-state index is 13.4. The molecule has 0 atom stereocenters. The highest BCUT2D eigenvalue weighted by atomic mass is 32.1. The van der Waals surface area contributed by atoms with E-state index < -0.39 is 0 Å². The van der Waals surface area contributed by atoms with E-state index in [0.717, 1.165) is 29.0 Å². The van der Waals surface area contributed by atoms with E-state index in [-0.39, 0.29) is 25.3 Å². The molecule has 1 aromatic heterocycles. The Morgan fingerprint density at radius 1 is 1.13 bits per heavy atom. The third-order valence-corrected chi connectivity index (χ3v) is 6.59. The monoisotopic (exact) mass is 443 g/mol. The fraction of sp³-hybridized carbons (Fsp3) is 0.478. The Hall–Kier alpha value is -2.74. The number of benzene rings is 1. The number of fused-ring (bicyclic) bond motifs is 1. The average Bonchev–Trinajstić information content (AvgIpc) is 3.29. The van der Waals surface area contributed by atoms with E-state index in [9.17, 15) is 9.59 Å². The topological polar surface area (TPSA) is 71.1 Å². The second-order valence-corrected chi connectivity index (χ2v) is 9.12. The van der Waals surface area contributed by atoms with Crippen LogP contribution < -0.4 is 14.8 Å². The van der Waals surface area contributed by atoms with E-state index in [2.05, 4.69) is 18.3 Å². The quantitative estimate of drug-likeness (QED) is 0.641. The number of aryl methyl sites for hydroxylation is 1. The van der Waals surface area contributed by atoms with Crippen LogP contribution in [-0.2, 0) is 17.9 Å². The first-order valence-corrected chi connectivity index (χ1v) is 11.6. The van der Waals surface area contributed by atoms with E-state index in [0.29, 0.717) is 37.8 Å². The third kappa shape index (κ3) is 5.50. The van der Waals surface area contributed by atoms with Crippen LogP contribution in [-0.4, -0.2) is 48.2 Å². The standard InChI is InChI=1S/C23H29N3O4S/c1-3-24-23(28)26(11-17-4-5-17)14-22(27)25(13-21-16(2)8-9-31-21)12-18-6-7-19-20(10-18)30-15-29-19/h6-10,17H,3-5,11-15H2,1-2H3,(H,24,28). The molecule has 166 valence electrons. The van der Waals surface area contributed by atoms with Gasteiger partial charge in [-0.3, -0.25) is 4.79 Å². The lowest BCUT2D eigenvalue weighted by Gasteiger charge is -2.28. The average molecular weight is 444 g/mol. The molecule has 2 aromatic rings.